The summed E-state index contributed by atoms with van der Waals surface area (Å²) in [5.74, 6) is 0.947. The van der Waals surface area contributed by atoms with Crippen LogP contribution >= 0.6 is 11.3 Å². The van der Waals surface area contributed by atoms with E-state index in [-0.39, 0.29) is 12.1 Å². The molecule has 0 bridgehead atoms. The monoisotopic (exact) mass is 289 g/mol. The van der Waals surface area contributed by atoms with Crippen LogP contribution in [0.1, 0.15) is 41.7 Å². The van der Waals surface area contributed by atoms with E-state index in [1.807, 2.05) is 0 Å². The second-order valence-electron chi connectivity index (χ2n) is 5.37. The van der Waals surface area contributed by atoms with Crippen LogP contribution in [-0.2, 0) is 0 Å². The van der Waals surface area contributed by atoms with Gasteiger partial charge in [0.15, 0.2) is 0 Å². The molecule has 0 aliphatic carbocycles. The number of nitrogens with two attached hydrogens (primary N) is 1. The van der Waals surface area contributed by atoms with Gasteiger partial charge in [-0.15, -0.1) is 0 Å². The van der Waals surface area contributed by atoms with Gasteiger partial charge in [-0.2, -0.15) is 11.3 Å². The van der Waals surface area contributed by atoms with Crippen LogP contribution in [0.3, 0.4) is 0 Å². The number of hydrogen-bond acceptors (Lipinski definition) is 3. The molecular weight excluding hydrogens is 266 g/mol. The highest BCUT2D eigenvalue weighted by Crippen LogP contribution is 2.31. The Kier molecular flexibility index (Phi) is 4.84. The molecule has 0 fully saturated rings. The van der Waals surface area contributed by atoms with Gasteiger partial charge in [-0.1, -0.05) is 13.0 Å². The van der Waals surface area contributed by atoms with Crippen LogP contribution in [0.4, 0.5) is 0 Å². The SMILES string of the molecule is CCC(N)C(Oc1cc(C)cc(C)c1C)c1ccsc1. The van der Waals surface area contributed by atoms with Gasteiger partial charge in [0.1, 0.15) is 11.9 Å². The first kappa shape index (κ1) is 15.1. The lowest BCUT2D eigenvalue weighted by molar-refractivity contribution is 0.170. The van der Waals surface area contributed by atoms with Crippen molar-refractivity contribution in [1.29, 1.82) is 0 Å². The summed E-state index contributed by atoms with van der Waals surface area (Å²) in [6.45, 7) is 8.42. The Morgan fingerprint density at radius 1 is 1.25 bits per heavy atom. The Balaban J connectivity index is 2.33. The Hall–Kier alpha value is -1.32. The summed E-state index contributed by atoms with van der Waals surface area (Å²) in [4.78, 5) is 0. The molecule has 0 saturated carbocycles. The quantitative estimate of drug-likeness (QED) is 0.877. The molecule has 108 valence electrons. The number of benzene rings is 1. The average molecular weight is 289 g/mol. The highest BCUT2D eigenvalue weighted by molar-refractivity contribution is 7.07. The summed E-state index contributed by atoms with van der Waals surface area (Å²) in [5.41, 5.74) is 11.1. The van der Waals surface area contributed by atoms with Gasteiger partial charge in [0, 0.05) is 11.6 Å². The van der Waals surface area contributed by atoms with Crippen molar-refractivity contribution in [3.8, 4) is 5.75 Å². The first-order valence-electron chi connectivity index (χ1n) is 7.05. The molecule has 0 radical (unpaired) electrons. The lowest BCUT2D eigenvalue weighted by Crippen LogP contribution is -2.31. The van der Waals surface area contributed by atoms with E-state index in [4.69, 9.17) is 10.5 Å². The first-order valence-corrected chi connectivity index (χ1v) is 7.99. The van der Waals surface area contributed by atoms with Crippen molar-refractivity contribution < 1.29 is 4.74 Å². The highest BCUT2D eigenvalue weighted by atomic mass is 32.1. The lowest BCUT2D eigenvalue weighted by Gasteiger charge is -2.25. The standard InChI is InChI=1S/C17H23NOS/c1-5-15(18)17(14-6-7-20-10-14)19-16-9-11(2)8-12(3)13(16)4/h6-10,15,17H,5,18H2,1-4H3. The molecule has 1 aromatic carbocycles. The van der Waals surface area contributed by atoms with E-state index in [9.17, 15) is 0 Å². The summed E-state index contributed by atoms with van der Waals surface area (Å²) in [5, 5.41) is 4.20. The van der Waals surface area contributed by atoms with Crippen molar-refractivity contribution in [2.24, 2.45) is 5.73 Å². The molecule has 1 aromatic heterocycles. The molecule has 2 unspecified atom stereocenters. The van der Waals surface area contributed by atoms with Crippen LogP contribution in [0, 0.1) is 20.8 Å². The molecule has 2 nitrogen and oxygen atoms in total. The molecule has 0 spiro atoms. The van der Waals surface area contributed by atoms with Crippen LogP contribution in [0.5, 0.6) is 5.75 Å². The Morgan fingerprint density at radius 3 is 2.60 bits per heavy atom. The molecule has 2 N–H and O–H groups in total. The molecule has 20 heavy (non-hydrogen) atoms. The third-order valence-electron chi connectivity index (χ3n) is 3.75. The molecule has 0 aliphatic heterocycles. The Morgan fingerprint density at radius 2 is 2.00 bits per heavy atom. The van der Waals surface area contributed by atoms with Gasteiger partial charge in [0.2, 0.25) is 0 Å². The zero-order valence-corrected chi connectivity index (χ0v) is 13.5. The van der Waals surface area contributed by atoms with Gasteiger partial charge in [0.05, 0.1) is 0 Å². The third kappa shape index (κ3) is 3.22. The topological polar surface area (TPSA) is 35.2 Å². The van der Waals surface area contributed by atoms with Gasteiger partial charge in [-0.05, 0) is 66.8 Å². The predicted molar refractivity (Wildman–Crippen MR) is 86.6 cm³/mol. The minimum Gasteiger partial charge on any atom is -0.484 e. The fourth-order valence-corrected chi connectivity index (χ4v) is 3.00. The van der Waals surface area contributed by atoms with Crippen molar-refractivity contribution in [3.63, 3.8) is 0 Å². The van der Waals surface area contributed by atoms with Crippen molar-refractivity contribution >= 4 is 11.3 Å². The summed E-state index contributed by atoms with van der Waals surface area (Å²) < 4.78 is 6.29. The van der Waals surface area contributed by atoms with Gasteiger partial charge in [-0.25, -0.2) is 0 Å². The second-order valence-corrected chi connectivity index (χ2v) is 6.15. The van der Waals surface area contributed by atoms with Gasteiger partial charge >= 0.3 is 0 Å². The lowest BCUT2D eigenvalue weighted by atomic mass is 10.0. The van der Waals surface area contributed by atoms with Crippen molar-refractivity contribution in [2.45, 2.75) is 46.3 Å². The second kappa shape index (κ2) is 6.42. The summed E-state index contributed by atoms with van der Waals surface area (Å²) in [7, 11) is 0. The van der Waals surface area contributed by atoms with Crippen molar-refractivity contribution in [1.82, 2.24) is 0 Å². The number of ether oxygens (including phenoxy) is 1. The van der Waals surface area contributed by atoms with E-state index in [2.05, 4.69) is 56.7 Å². The normalized spacial score (nSPS) is 14.1. The van der Waals surface area contributed by atoms with Gasteiger partial charge in [0.25, 0.3) is 0 Å². The zero-order valence-electron chi connectivity index (χ0n) is 12.6. The zero-order chi connectivity index (χ0) is 14.7. The maximum atomic E-state index is 6.29. The van der Waals surface area contributed by atoms with Crippen LogP contribution in [-0.4, -0.2) is 6.04 Å². The van der Waals surface area contributed by atoms with E-state index in [1.54, 1.807) is 11.3 Å². The van der Waals surface area contributed by atoms with Gasteiger partial charge in [-0.3, -0.25) is 0 Å². The number of aryl methyl sites for hydroxylation is 2. The molecule has 2 aromatic rings. The molecule has 0 saturated heterocycles. The number of hydrogen-bond donors (Lipinski definition) is 1. The van der Waals surface area contributed by atoms with E-state index >= 15 is 0 Å². The van der Waals surface area contributed by atoms with Gasteiger partial charge < -0.3 is 10.5 Å². The van der Waals surface area contributed by atoms with Crippen LogP contribution < -0.4 is 10.5 Å². The Labute approximate surface area is 125 Å². The average Bonchev–Trinajstić information content (AvgIpc) is 2.94. The Bertz CT molecular complexity index is 563. The largest absolute Gasteiger partial charge is 0.484 e. The van der Waals surface area contributed by atoms with Crippen molar-refractivity contribution in [3.05, 3.63) is 51.2 Å². The van der Waals surface area contributed by atoms with Crippen LogP contribution in [0.15, 0.2) is 29.0 Å². The smallest absolute Gasteiger partial charge is 0.140 e. The summed E-state index contributed by atoms with van der Waals surface area (Å²) in [6, 6.07) is 6.39. The molecule has 0 aliphatic rings. The molecular formula is C17H23NOS. The number of rotatable bonds is 5. The minimum absolute atomic E-state index is 0.00446. The summed E-state index contributed by atoms with van der Waals surface area (Å²) in [6.07, 6.45) is 0.816. The van der Waals surface area contributed by atoms with Crippen LogP contribution in [0.25, 0.3) is 0 Å². The number of thiophene rings is 1. The minimum atomic E-state index is -0.0776. The summed E-state index contributed by atoms with van der Waals surface area (Å²) >= 11 is 1.68. The highest BCUT2D eigenvalue weighted by Gasteiger charge is 2.22. The maximum Gasteiger partial charge on any atom is 0.140 e. The maximum absolute atomic E-state index is 6.29. The van der Waals surface area contributed by atoms with E-state index in [0.29, 0.717) is 0 Å². The van der Waals surface area contributed by atoms with Crippen molar-refractivity contribution in [2.75, 3.05) is 0 Å². The fourth-order valence-electron chi connectivity index (χ4n) is 2.31. The third-order valence-corrected chi connectivity index (χ3v) is 4.45. The molecule has 1 heterocycles. The van der Waals surface area contributed by atoms with Crippen LogP contribution in [0.2, 0.25) is 0 Å². The molecule has 2 rings (SSSR count). The fraction of sp³-hybridized carbons (Fsp3) is 0.412. The predicted octanol–water partition coefficient (Wildman–Crippen LogP) is 4.53. The van der Waals surface area contributed by atoms with E-state index in [0.717, 1.165) is 12.2 Å². The molecule has 3 heteroatoms. The molecule has 0 amide bonds. The first-order chi connectivity index (χ1) is 9.52. The van der Waals surface area contributed by atoms with E-state index in [1.165, 1.54) is 22.3 Å². The molecule has 2 atom stereocenters. The van der Waals surface area contributed by atoms with E-state index < -0.39 is 0 Å².